The molecule has 1 aromatic carbocycles. The van der Waals surface area contributed by atoms with Crippen molar-refractivity contribution in [1.82, 2.24) is 10.3 Å². The molecular weight excluding hydrogens is 390 g/mol. The maximum absolute atomic E-state index is 12.4. The van der Waals surface area contributed by atoms with Crippen molar-refractivity contribution < 1.29 is 14.3 Å². The molecule has 1 N–H and O–H groups in total. The van der Waals surface area contributed by atoms with E-state index in [1.807, 2.05) is 49.4 Å². The van der Waals surface area contributed by atoms with Gasteiger partial charge in [-0.15, -0.1) is 0 Å². The molecule has 0 saturated heterocycles. The molecule has 2 aromatic rings. The van der Waals surface area contributed by atoms with E-state index in [2.05, 4.69) is 17.2 Å². The number of urea groups is 1. The molecule has 1 heterocycles. The number of aromatic nitrogens is 1. The average Bonchev–Trinajstić information content (AvgIpc) is 2.80. The second-order valence-electron chi connectivity index (χ2n) is 7.59. The van der Waals surface area contributed by atoms with Crippen molar-refractivity contribution in [1.29, 1.82) is 0 Å². The Balaban J connectivity index is 1.91. The number of aryl methyl sites for hydroxylation is 1. The van der Waals surface area contributed by atoms with Gasteiger partial charge in [-0.05, 0) is 37.5 Å². The number of carbonyl (C=O) groups excluding carboxylic acids is 2. The summed E-state index contributed by atoms with van der Waals surface area (Å²) in [6, 6.07) is 13.5. The largest absolute Gasteiger partial charge is 0.466 e. The Morgan fingerprint density at radius 3 is 2.45 bits per heavy atom. The number of pyridine rings is 1. The lowest BCUT2D eigenvalue weighted by Crippen LogP contribution is -2.38. The third-order valence-corrected chi connectivity index (χ3v) is 5.11. The van der Waals surface area contributed by atoms with Gasteiger partial charge in [-0.2, -0.15) is 0 Å². The summed E-state index contributed by atoms with van der Waals surface area (Å²) in [5, 5.41) is 2.97. The van der Waals surface area contributed by atoms with E-state index < -0.39 is 0 Å². The van der Waals surface area contributed by atoms with E-state index in [1.165, 1.54) is 19.3 Å². The van der Waals surface area contributed by atoms with Gasteiger partial charge in [-0.25, -0.2) is 9.78 Å². The lowest BCUT2D eigenvalue weighted by atomic mass is 10.1. The van der Waals surface area contributed by atoms with Crippen LogP contribution >= 0.6 is 0 Å². The van der Waals surface area contributed by atoms with Crippen LogP contribution in [0.5, 0.6) is 0 Å². The molecule has 6 nitrogen and oxygen atoms in total. The van der Waals surface area contributed by atoms with Crippen LogP contribution in [0.2, 0.25) is 0 Å². The molecule has 0 unspecified atom stereocenters. The molecule has 168 valence electrons. The number of ether oxygens (including phenoxy) is 1. The fraction of sp³-hybridized carbons (Fsp3) is 0.480. The smallest absolute Gasteiger partial charge is 0.322 e. The van der Waals surface area contributed by atoms with Gasteiger partial charge in [0.25, 0.3) is 0 Å². The second-order valence-corrected chi connectivity index (χ2v) is 7.59. The van der Waals surface area contributed by atoms with Crippen LogP contribution in [0.15, 0.2) is 42.5 Å². The summed E-state index contributed by atoms with van der Waals surface area (Å²) in [5.74, 6) is 0.426. The van der Waals surface area contributed by atoms with Gasteiger partial charge < -0.3 is 10.1 Å². The predicted octanol–water partition coefficient (Wildman–Crippen LogP) is 5.36. The van der Waals surface area contributed by atoms with Crippen LogP contribution < -0.4 is 10.2 Å². The molecule has 2 amide bonds. The van der Waals surface area contributed by atoms with Crippen molar-refractivity contribution in [3.63, 3.8) is 0 Å². The molecule has 0 atom stereocenters. The first-order valence-corrected chi connectivity index (χ1v) is 11.3. The first kappa shape index (κ1) is 24.4. The Hall–Kier alpha value is -2.89. The zero-order valence-electron chi connectivity index (χ0n) is 19.0. The lowest BCUT2D eigenvalue weighted by molar-refractivity contribution is -0.143. The molecule has 0 fully saturated rings. The Bertz CT molecular complexity index is 821. The molecule has 0 spiro atoms. The Labute approximate surface area is 186 Å². The molecule has 0 aliphatic carbocycles. The van der Waals surface area contributed by atoms with Crippen LogP contribution in [-0.2, 0) is 16.0 Å². The van der Waals surface area contributed by atoms with E-state index in [0.29, 0.717) is 31.8 Å². The fourth-order valence-corrected chi connectivity index (χ4v) is 3.24. The van der Waals surface area contributed by atoms with Crippen molar-refractivity contribution >= 4 is 17.8 Å². The lowest BCUT2D eigenvalue weighted by Gasteiger charge is -2.18. The quantitative estimate of drug-likeness (QED) is 0.367. The highest BCUT2D eigenvalue weighted by atomic mass is 16.5. The highest BCUT2D eigenvalue weighted by molar-refractivity contribution is 5.90. The minimum absolute atomic E-state index is 0.144. The highest BCUT2D eigenvalue weighted by Crippen LogP contribution is 2.21. The van der Waals surface area contributed by atoms with E-state index in [9.17, 15) is 9.59 Å². The van der Waals surface area contributed by atoms with Crippen molar-refractivity contribution in [2.24, 2.45) is 0 Å². The number of carbonyl (C=O) groups is 2. The van der Waals surface area contributed by atoms with Gasteiger partial charge in [0.1, 0.15) is 5.82 Å². The first-order valence-electron chi connectivity index (χ1n) is 11.3. The monoisotopic (exact) mass is 425 g/mol. The number of benzene rings is 1. The van der Waals surface area contributed by atoms with E-state index in [1.54, 1.807) is 11.9 Å². The summed E-state index contributed by atoms with van der Waals surface area (Å²) in [4.78, 5) is 30.1. The molecule has 0 bridgehead atoms. The van der Waals surface area contributed by atoms with Gasteiger partial charge in [0, 0.05) is 25.6 Å². The Morgan fingerprint density at radius 1 is 1.00 bits per heavy atom. The summed E-state index contributed by atoms with van der Waals surface area (Å²) < 4.78 is 4.97. The van der Waals surface area contributed by atoms with E-state index in [0.717, 1.165) is 29.7 Å². The number of hydrogen-bond acceptors (Lipinski definition) is 4. The number of unbranched alkanes of at least 4 members (excludes halogenated alkanes) is 4. The normalized spacial score (nSPS) is 10.5. The summed E-state index contributed by atoms with van der Waals surface area (Å²) in [6.45, 7) is 5.09. The van der Waals surface area contributed by atoms with Crippen LogP contribution in [0, 0.1) is 0 Å². The Morgan fingerprint density at radius 2 is 1.74 bits per heavy atom. The van der Waals surface area contributed by atoms with Gasteiger partial charge >= 0.3 is 12.0 Å². The van der Waals surface area contributed by atoms with Crippen molar-refractivity contribution in [3.8, 4) is 11.3 Å². The van der Waals surface area contributed by atoms with Crippen LogP contribution in [0.4, 0.5) is 10.6 Å². The first-order chi connectivity index (χ1) is 15.0. The summed E-state index contributed by atoms with van der Waals surface area (Å²) in [5.41, 5.74) is 2.84. The molecule has 0 aliphatic heterocycles. The topological polar surface area (TPSA) is 71.5 Å². The zero-order valence-corrected chi connectivity index (χ0v) is 19.0. The van der Waals surface area contributed by atoms with Crippen LogP contribution in [-0.4, -0.2) is 37.2 Å². The maximum atomic E-state index is 12.4. The molecule has 1 aromatic heterocycles. The third kappa shape index (κ3) is 8.40. The maximum Gasteiger partial charge on any atom is 0.322 e. The molecule has 2 rings (SSSR count). The van der Waals surface area contributed by atoms with E-state index in [4.69, 9.17) is 4.74 Å². The van der Waals surface area contributed by atoms with Gasteiger partial charge in [0.05, 0.1) is 12.3 Å². The minimum atomic E-state index is -0.178. The number of anilines is 1. The van der Waals surface area contributed by atoms with Gasteiger partial charge in [-0.3, -0.25) is 9.69 Å². The summed E-state index contributed by atoms with van der Waals surface area (Å²) in [7, 11) is 1.73. The van der Waals surface area contributed by atoms with Crippen LogP contribution in [0.25, 0.3) is 11.3 Å². The number of nitrogens with zero attached hydrogens (tertiary/aromatic N) is 2. The highest BCUT2D eigenvalue weighted by Gasteiger charge is 2.12. The molecule has 31 heavy (non-hydrogen) atoms. The van der Waals surface area contributed by atoms with Crippen molar-refractivity contribution in [2.75, 3.05) is 25.1 Å². The summed E-state index contributed by atoms with van der Waals surface area (Å²) in [6.07, 6.45) is 6.84. The third-order valence-electron chi connectivity index (χ3n) is 5.11. The Kier molecular flexibility index (Phi) is 10.6. The van der Waals surface area contributed by atoms with Crippen molar-refractivity contribution in [2.45, 2.75) is 58.8 Å². The average molecular weight is 426 g/mol. The number of esters is 1. The van der Waals surface area contributed by atoms with Crippen LogP contribution in [0.1, 0.15) is 57.9 Å². The van der Waals surface area contributed by atoms with E-state index >= 15 is 0 Å². The standard InChI is InChI=1S/C25H35N3O3/c1-4-6-7-8-9-19-26-25(30)28(3)23-12-10-11-22(27-23)21-16-13-20(14-17-21)15-18-24(29)31-5-2/h10-14,16-17H,4-9,15,18-19H2,1-3H3,(H,26,30). The predicted molar refractivity (Wildman–Crippen MR) is 125 cm³/mol. The summed E-state index contributed by atoms with van der Waals surface area (Å²) >= 11 is 0. The molecule has 6 heteroatoms. The molecule has 0 saturated carbocycles. The minimum Gasteiger partial charge on any atom is -0.466 e. The number of hydrogen-bond donors (Lipinski definition) is 1. The van der Waals surface area contributed by atoms with E-state index in [-0.39, 0.29) is 12.0 Å². The van der Waals surface area contributed by atoms with Gasteiger partial charge in [0.2, 0.25) is 0 Å². The molecule has 0 aliphatic rings. The van der Waals surface area contributed by atoms with Crippen LogP contribution in [0.3, 0.4) is 0 Å². The number of nitrogens with one attached hydrogen (secondary N) is 1. The fourth-order valence-electron chi connectivity index (χ4n) is 3.24. The molecular formula is C25H35N3O3. The molecule has 0 radical (unpaired) electrons. The van der Waals surface area contributed by atoms with Crippen molar-refractivity contribution in [3.05, 3.63) is 48.0 Å². The number of amides is 2. The number of rotatable bonds is 12. The van der Waals surface area contributed by atoms with Gasteiger partial charge in [0.15, 0.2) is 0 Å². The second kappa shape index (κ2) is 13.4. The zero-order chi connectivity index (χ0) is 22.5. The van der Waals surface area contributed by atoms with Gasteiger partial charge in [-0.1, -0.05) is 62.9 Å². The SMILES string of the molecule is CCCCCCCNC(=O)N(C)c1cccc(-c2ccc(CCC(=O)OCC)cc2)n1.